The lowest BCUT2D eigenvalue weighted by Gasteiger charge is -2.11. The molecule has 0 unspecified atom stereocenters. The first kappa shape index (κ1) is 14.0. The number of aryl methyl sites for hydroxylation is 2. The molecule has 0 aliphatic carbocycles. The molecule has 7 heteroatoms. The zero-order chi connectivity index (χ0) is 14.7. The lowest BCUT2D eigenvalue weighted by molar-refractivity contribution is -0.116. The van der Waals surface area contributed by atoms with Crippen molar-refractivity contribution in [3.63, 3.8) is 0 Å². The predicted molar refractivity (Wildman–Crippen MR) is 75.6 cm³/mol. The van der Waals surface area contributed by atoms with Gasteiger partial charge in [0.15, 0.2) is 5.13 Å². The minimum atomic E-state index is -0.445. The fourth-order valence-corrected chi connectivity index (χ4v) is 2.39. The maximum absolute atomic E-state index is 12.1. The number of carbonyl (C=O) groups excluding carboxylic acids is 1. The van der Waals surface area contributed by atoms with Crippen molar-refractivity contribution in [2.24, 2.45) is 0 Å². The van der Waals surface area contributed by atoms with E-state index in [4.69, 9.17) is 5.26 Å². The number of nitrogens with one attached hydrogen (secondary N) is 1. The minimum Gasteiger partial charge on any atom is -0.302 e. The summed E-state index contributed by atoms with van der Waals surface area (Å²) in [6, 6.07) is 3.59. The molecule has 0 radical (unpaired) electrons. The van der Waals surface area contributed by atoms with Gasteiger partial charge in [-0.3, -0.25) is 9.59 Å². The molecule has 0 aliphatic rings. The van der Waals surface area contributed by atoms with Gasteiger partial charge >= 0.3 is 0 Å². The van der Waals surface area contributed by atoms with Crippen molar-refractivity contribution in [2.45, 2.75) is 20.4 Å². The molecule has 0 fully saturated rings. The molecule has 0 saturated carbocycles. The number of carbonyl (C=O) groups is 1. The highest BCUT2D eigenvalue weighted by atomic mass is 32.1. The Morgan fingerprint density at radius 2 is 2.30 bits per heavy atom. The molecule has 1 amide bonds. The van der Waals surface area contributed by atoms with Gasteiger partial charge in [-0.05, 0) is 25.5 Å². The van der Waals surface area contributed by atoms with E-state index in [1.165, 1.54) is 15.9 Å². The third-order valence-electron chi connectivity index (χ3n) is 2.80. The molecule has 2 aromatic heterocycles. The van der Waals surface area contributed by atoms with Crippen LogP contribution in [-0.4, -0.2) is 15.5 Å². The Kier molecular flexibility index (Phi) is 3.96. The summed E-state index contributed by atoms with van der Waals surface area (Å²) < 4.78 is 1.29. The van der Waals surface area contributed by atoms with Gasteiger partial charge in [-0.2, -0.15) is 5.26 Å². The zero-order valence-corrected chi connectivity index (χ0v) is 11.8. The first-order valence-electron chi connectivity index (χ1n) is 5.83. The van der Waals surface area contributed by atoms with Crippen LogP contribution in [0.1, 0.15) is 16.8 Å². The maximum atomic E-state index is 12.1. The summed E-state index contributed by atoms with van der Waals surface area (Å²) in [4.78, 5) is 27.9. The molecule has 0 bridgehead atoms. The van der Waals surface area contributed by atoms with Crippen LogP contribution in [0.15, 0.2) is 22.4 Å². The van der Waals surface area contributed by atoms with Crippen molar-refractivity contribution in [3.8, 4) is 6.07 Å². The normalized spacial score (nSPS) is 10.1. The van der Waals surface area contributed by atoms with Crippen LogP contribution in [0.5, 0.6) is 0 Å². The number of hydrogen-bond acceptors (Lipinski definition) is 5. The Bertz CT molecular complexity index is 741. The Morgan fingerprint density at radius 3 is 2.90 bits per heavy atom. The second kappa shape index (κ2) is 5.67. The number of anilines is 1. The monoisotopic (exact) mass is 288 g/mol. The Hall–Kier alpha value is -2.46. The number of rotatable bonds is 3. The zero-order valence-electron chi connectivity index (χ0n) is 11.0. The second-order valence-corrected chi connectivity index (χ2v) is 5.13. The van der Waals surface area contributed by atoms with Gasteiger partial charge in [0, 0.05) is 17.3 Å². The molecular weight excluding hydrogens is 276 g/mol. The number of nitriles is 1. The molecule has 1 N–H and O–H groups in total. The summed E-state index contributed by atoms with van der Waals surface area (Å²) in [5, 5.41) is 13.8. The average Bonchev–Trinajstić information content (AvgIpc) is 2.87. The summed E-state index contributed by atoms with van der Waals surface area (Å²) in [5.41, 5.74) is 0.879. The molecule has 0 atom stereocenters. The van der Waals surface area contributed by atoms with Gasteiger partial charge in [-0.1, -0.05) is 0 Å². The van der Waals surface area contributed by atoms with E-state index in [1.807, 2.05) is 6.07 Å². The molecule has 0 saturated heterocycles. The summed E-state index contributed by atoms with van der Waals surface area (Å²) in [7, 11) is 0. The predicted octanol–water partition coefficient (Wildman–Crippen LogP) is 1.43. The highest BCUT2D eigenvalue weighted by Gasteiger charge is 2.13. The smallest absolute Gasteiger partial charge is 0.269 e. The number of hydrogen-bond donors (Lipinski definition) is 1. The van der Waals surface area contributed by atoms with Crippen LogP contribution in [0.4, 0.5) is 5.13 Å². The third-order valence-corrected chi connectivity index (χ3v) is 3.49. The molecular formula is C13H12N4O2S. The van der Waals surface area contributed by atoms with E-state index < -0.39 is 5.56 Å². The van der Waals surface area contributed by atoms with Crippen molar-refractivity contribution < 1.29 is 4.79 Å². The van der Waals surface area contributed by atoms with Gasteiger partial charge in [0.25, 0.3) is 5.56 Å². The molecule has 102 valence electrons. The Balaban J connectivity index is 2.28. The van der Waals surface area contributed by atoms with E-state index in [0.29, 0.717) is 16.4 Å². The highest BCUT2D eigenvalue weighted by Crippen LogP contribution is 2.10. The van der Waals surface area contributed by atoms with Crippen molar-refractivity contribution >= 4 is 22.4 Å². The van der Waals surface area contributed by atoms with E-state index >= 15 is 0 Å². The molecule has 0 aromatic carbocycles. The van der Waals surface area contributed by atoms with Gasteiger partial charge in [-0.15, -0.1) is 11.3 Å². The molecule has 6 nitrogen and oxygen atoms in total. The number of aromatic nitrogens is 2. The van der Waals surface area contributed by atoms with Crippen LogP contribution in [-0.2, 0) is 11.3 Å². The van der Waals surface area contributed by atoms with Crippen molar-refractivity contribution in [3.05, 3.63) is 44.8 Å². The summed E-state index contributed by atoms with van der Waals surface area (Å²) in [6.45, 7) is 3.29. The van der Waals surface area contributed by atoms with Crippen LogP contribution in [0.3, 0.4) is 0 Å². The molecule has 2 aromatic rings. The quantitative estimate of drug-likeness (QED) is 0.925. The largest absolute Gasteiger partial charge is 0.302 e. The Morgan fingerprint density at radius 1 is 1.55 bits per heavy atom. The van der Waals surface area contributed by atoms with Crippen LogP contribution in [0.2, 0.25) is 0 Å². The lowest BCUT2D eigenvalue weighted by atomic mass is 10.1. The van der Waals surface area contributed by atoms with E-state index in [1.54, 1.807) is 31.5 Å². The number of amides is 1. The van der Waals surface area contributed by atoms with Crippen LogP contribution in [0.25, 0.3) is 0 Å². The van der Waals surface area contributed by atoms with E-state index in [-0.39, 0.29) is 18.0 Å². The SMILES string of the molecule is Cc1cc(C)n(CC(=O)Nc2nccs2)c(=O)c1C#N. The van der Waals surface area contributed by atoms with Crippen LogP contribution >= 0.6 is 11.3 Å². The molecule has 0 aliphatic heterocycles. The fraction of sp³-hybridized carbons (Fsp3) is 0.231. The third kappa shape index (κ3) is 2.75. The van der Waals surface area contributed by atoms with Crippen molar-refractivity contribution in [1.29, 1.82) is 5.26 Å². The van der Waals surface area contributed by atoms with Gasteiger partial charge < -0.3 is 9.88 Å². The number of thiazole rings is 1. The van der Waals surface area contributed by atoms with E-state index in [2.05, 4.69) is 10.3 Å². The number of nitrogens with zero attached hydrogens (tertiary/aromatic N) is 3. The topological polar surface area (TPSA) is 87.8 Å². The van der Waals surface area contributed by atoms with Gasteiger partial charge in [0.2, 0.25) is 5.91 Å². The van der Waals surface area contributed by atoms with E-state index in [0.717, 1.165) is 0 Å². The molecule has 2 heterocycles. The van der Waals surface area contributed by atoms with Gasteiger partial charge in [0.05, 0.1) is 0 Å². The standard InChI is InChI=1S/C13H12N4O2S/c1-8-5-9(2)17(12(19)10(8)6-14)7-11(18)16-13-15-3-4-20-13/h3-5H,7H2,1-2H3,(H,15,16,18). The lowest BCUT2D eigenvalue weighted by Crippen LogP contribution is -2.31. The summed E-state index contributed by atoms with van der Waals surface area (Å²) in [6.07, 6.45) is 1.58. The Labute approximate surface area is 119 Å². The highest BCUT2D eigenvalue weighted by molar-refractivity contribution is 7.13. The van der Waals surface area contributed by atoms with Gasteiger partial charge in [0.1, 0.15) is 18.2 Å². The van der Waals surface area contributed by atoms with E-state index in [9.17, 15) is 9.59 Å². The minimum absolute atomic E-state index is 0.0673. The molecule has 20 heavy (non-hydrogen) atoms. The van der Waals surface area contributed by atoms with Crippen LogP contribution in [0, 0.1) is 25.2 Å². The molecule has 2 rings (SSSR count). The van der Waals surface area contributed by atoms with Crippen LogP contribution < -0.4 is 10.9 Å². The van der Waals surface area contributed by atoms with Crippen molar-refractivity contribution in [2.75, 3.05) is 5.32 Å². The fourth-order valence-electron chi connectivity index (χ4n) is 1.85. The molecule has 0 spiro atoms. The summed E-state index contributed by atoms with van der Waals surface area (Å²) >= 11 is 1.30. The first-order valence-corrected chi connectivity index (χ1v) is 6.71. The van der Waals surface area contributed by atoms with Crippen molar-refractivity contribution in [1.82, 2.24) is 9.55 Å². The first-order chi connectivity index (χ1) is 9.52. The second-order valence-electron chi connectivity index (χ2n) is 4.23. The summed E-state index contributed by atoms with van der Waals surface area (Å²) in [5.74, 6) is -0.349. The average molecular weight is 288 g/mol. The number of pyridine rings is 1. The maximum Gasteiger partial charge on any atom is 0.269 e. The van der Waals surface area contributed by atoms with Gasteiger partial charge in [-0.25, -0.2) is 4.98 Å².